The van der Waals surface area contributed by atoms with Crippen LogP contribution in [0.5, 0.6) is 0 Å². The Morgan fingerprint density at radius 3 is 2.73 bits per heavy atom. The molecular formula is C18H16BrNO2. The zero-order valence-corrected chi connectivity index (χ0v) is 13.8. The Labute approximate surface area is 138 Å². The molecule has 1 amide bonds. The molecule has 0 unspecified atom stereocenters. The number of alkyl carbamates (subject to hydrolysis) is 1. The van der Waals surface area contributed by atoms with Crippen LogP contribution in [-0.4, -0.2) is 12.6 Å². The van der Waals surface area contributed by atoms with Gasteiger partial charge < -0.3 is 10.1 Å². The summed E-state index contributed by atoms with van der Waals surface area (Å²) in [5, 5.41) is 2.61. The van der Waals surface area contributed by atoms with Crippen molar-refractivity contribution in [1.29, 1.82) is 0 Å². The molecule has 0 heterocycles. The number of nitrogens with one attached hydrogen (secondary N) is 1. The van der Waals surface area contributed by atoms with E-state index in [1.54, 1.807) is 0 Å². The van der Waals surface area contributed by atoms with Crippen LogP contribution in [0, 0.1) is 18.8 Å². The van der Waals surface area contributed by atoms with E-state index >= 15 is 0 Å². The molecule has 2 rings (SSSR count). The van der Waals surface area contributed by atoms with E-state index in [1.165, 1.54) is 0 Å². The molecule has 2 aromatic rings. The van der Waals surface area contributed by atoms with Gasteiger partial charge >= 0.3 is 6.09 Å². The van der Waals surface area contributed by atoms with Crippen LogP contribution in [-0.2, 0) is 11.3 Å². The van der Waals surface area contributed by atoms with Crippen LogP contribution in [0.25, 0.3) is 0 Å². The molecule has 0 saturated heterocycles. The second-order valence-corrected chi connectivity index (χ2v) is 5.54. The van der Waals surface area contributed by atoms with E-state index in [0.29, 0.717) is 0 Å². The fourth-order valence-corrected chi connectivity index (χ4v) is 2.01. The van der Waals surface area contributed by atoms with Crippen molar-refractivity contribution >= 4 is 22.0 Å². The number of halogens is 1. The average Bonchev–Trinajstić information content (AvgIpc) is 2.54. The quantitative estimate of drug-likeness (QED) is 0.842. The van der Waals surface area contributed by atoms with Crippen LogP contribution >= 0.6 is 15.9 Å². The Morgan fingerprint density at radius 1 is 1.23 bits per heavy atom. The van der Waals surface area contributed by atoms with Gasteiger partial charge in [0.1, 0.15) is 6.61 Å². The molecule has 1 N–H and O–H groups in total. The highest BCUT2D eigenvalue weighted by atomic mass is 79.9. The predicted octanol–water partition coefficient (Wildman–Crippen LogP) is 4.04. The molecule has 0 saturated carbocycles. The molecule has 0 spiro atoms. The summed E-state index contributed by atoms with van der Waals surface area (Å²) in [5.41, 5.74) is 3.00. The summed E-state index contributed by atoms with van der Waals surface area (Å²) in [6.45, 7) is 2.52. The number of hydrogen-bond donors (Lipinski definition) is 1. The average molecular weight is 358 g/mol. The number of benzene rings is 2. The second-order valence-electron chi connectivity index (χ2n) is 4.68. The number of amides is 1. The van der Waals surface area contributed by atoms with Gasteiger partial charge in [-0.05, 0) is 36.2 Å². The molecule has 0 aromatic heterocycles. The summed E-state index contributed by atoms with van der Waals surface area (Å²) in [6.07, 6.45) is -0.467. The third-order valence-electron chi connectivity index (χ3n) is 2.92. The maximum Gasteiger partial charge on any atom is 0.408 e. The molecule has 0 aliphatic heterocycles. The highest BCUT2D eigenvalue weighted by Crippen LogP contribution is 2.16. The van der Waals surface area contributed by atoms with Gasteiger partial charge in [-0.2, -0.15) is 0 Å². The van der Waals surface area contributed by atoms with Crippen LogP contribution < -0.4 is 5.32 Å². The molecule has 0 bridgehead atoms. The molecule has 0 fully saturated rings. The van der Waals surface area contributed by atoms with E-state index in [1.807, 2.05) is 55.5 Å². The van der Waals surface area contributed by atoms with Crippen molar-refractivity contribution in [3.8, 4) is 11.8 Å². The van der Waals surface area contributed by atoms with Gasteiger partial charge in [-0.3, -0.25) is 0 Å². The maximum atomic E-state index is 11.5. The summed E-state index contributed by atoms with van der Waals surface area (Å²) < 4.78 is 6.15. The van der Waals surface area contributed by atoms with Crippen LogP contribution in [0.3, 0.4) is 0 Å². The van der Waals surface area contributed by atoms with Crippen molar-refractivity contribution in [3.63, 3.8) is 0 Å². The lowest BCUT2D eigenvalue weighted by atomic mass is 10.1. The van der Waals surface area contributed by atoms with Gasteiger partial charge in [0.15, 0.2) is 0 Å². The molecule has 112 valence electrons. The van der Waals surface area contributed by atoms with Crippen LogP contribution in [0.4, 0.5) is 4.79 Å². The van der Waals surface area contributed by atoms with Crippen molar-refractivity contribution in [3.05, 3.63) is 69.7 Å². The lowest BCUT2D eigenvalue weighted by Crippen LogP contribution is -2.24. The maximum absolute atomic E-state index is 11.5. The minimum Gasteiger partial charge on any atom is -0.445 e. The fourth-order valence-electron chi connectivity index (χ4n) is 1.76. The van der Waals surface area contributed by atoms with Gasteiger partial charge in [0, 0.05) is 10.0 Å². The Hall–Kier alpha value is -2.25. The van der Waals surface area contributed by atoms with Gasteiger partial charge in [0.05, 0.1) is 6.54 Å². The molecule has 0 radical (unpaired) electrons. The number of carbonyl (C=O) groups is 1. The standard InChI is InChI=1S/C18H16BrNO2/c1-14-12-15(9-10-17(14)19)8-5-11-20-18(21)22-13-16-6-3-2-4-7-16/h2-4,6-7,9-10,12H,11,13H2,1H3,(H,20,21). The number of carbonyl (C=O) groups excluding carboxylic acids is 1. The number of ether oxygens (including phenoxy) is 1. The van der Waals surface area contributed by atoms with Gasteiger partial charge in [0.2, 0.25) is 0 Å². The molecule has 2 aromatic carbocycles. The SMILES string of the molecule is Cc1cc(C#CCNC(=O)OCc2ccccc2)ccc1Br. The number of rotatable bonds is 3. The third kappa shape index (κ3) is 5.27. The Kier molecular flexibility index (Phi) is 6.05. The first-order chi connectivity index (χ1) is 10.6. The van der Waals surface area contributed by atoms with Crippen LogP contribution in [0.2, 0.25) is 0 Å². The van der Waals surface area contributed by atoms with E-state index in [-0.39, 0.29) is 13.2 Å². The first-order valence-electron chi connectivity index (χ1n) is 6.85. The topological polar surface area (TPSA) is 38.3 Å². The molecule has 0 aliphatic carbocycles. The third-order valence-corrected chi connectivity index (χ3v) is 3.81. The second kappa shape index (κ2) is 8.26. The van der Waals surface area contributed by atoms with Crippen molar-refractivity contribution in [2.75, 3.05) is 6.54 Å². The van der Waals surface area contributed by atoms with Crippen LogP contribution in [0.15, 0.2) is 53.0 Å². The van der Waals surface area contributed by atoms with Gasteiger partial charge in [0.25, 0.3) is 0 Å². The van der Waals surface area contributed by atoms with E-state index in [4.69, 9.17) is 4.74 Å². The normalized spacial score (nSPS) is 9.55. The fraction of sp³-hybridized carbons (Fsp3) is 0.167. The summed E-state index contributed by atoms with van der Waals surface area (Å²) >= 11 is 3.45. The Bertz CT molecular complexity index is 702. The molecule has 3 nitrogen and oxygen atoms in total. The summed E-state index contributed by atoms with van der Waals surface area (Å²) in [5.74, 6) is 5.90. The number of aryl methyl sites for hydroxylation is 1. The van der Waals surface area contributed by atoms with Crippen molar-refractivity contribution < 1.29 is 9.53 Å². The zero-order chi connectivity index (χ0) is 15.8. The molecular weight excluding hydrogens is 342 g/mol. The number of hydrogen-bond acceptors (Lipinski definition) is 2. The lowest BCUT2D eigenvalue weighted by Gasteiger charge is -2.04. The van der Waals surface area contributed by atoms with E-state index in [0.717, 1.165) is 21.2 Å². The monoisotopic (exact) mass is 357 g/mol. The summed E-state index contributed by atoms with van der Waals surface area (Å²) in [6, 6.07) is 15.4. The van der Waals surface area contributed by atoms with Gasteiger partial charge in [-0.25, -0.2) is 4.79 Å². The lowest BCUT2D eigenvalue weighted by molar-refractivity contribution is 0.141. The van der Waals surface area contributed by atoms with Gasteiger partial charge in [-0.1, -0.05) is 58.1 Å². The van der Waals surface area contributed by atoms with Crippen molar-refractivity contribution in [2.45, 2.75) is 13.5 Å². The molecule has 22 heavy (non-hydrogen) atoms. The zero-order valence-electron chi connectivity index (χ0n) is 12.2. The Morgan fingerprint density at radius 2 is 2.00 bits per heavy atom. The van der Waals surface area contributed by atoms with Crippen molar-refractivity contribution in [1.82, 2.24) is 5.32 Å². The molecule has 0 atom stereocenters. The van der Waals surface area contributed by atoms with Crippen LogP contribution in [0.1, 0.15) is 16.7 Å². The molecule has 0 aliphatic rings. The first kappa shape index (κ1) is 16.1. The molecule has 4 heteroatoms. The summed E-state index contributed by atoms with van der Waals surface area (Å²) in [4.78, 5) is 11.5. The summed E-state index contributed by atoms with van der Waals surface area (Å²) in [7, 11) is 0. The smallest absolute Gasteiger partial charge is 0.408 e. The van der Waals surface area contributed by atoms with E-state index in [9.17, 15) is 4.79 Å². The predicted molar refractivity (Wildman–Crippen MR) is 90.4 cm³/mol. The highest BCUT2D eigenvalue weighted by molar-refractivity contribution is 9.10. The first-order valence-corrected chi connectivity index (χ1v) is 7.64. The van der Waals surface area contributed by atoms with E-state index in [2.05, 4.69) is 33.1 Å². The van der Waals surface area contributed by atoms with Gasteiger partial charge in [-0.15, -0.1) is 0 Å². The minimum atomic E-state index is -0.467. The highest BCUT2D eigenvalue weighted by Gasteiger charge is 2.00. The Balaban J connectivity index is 1.75. The minimum absolute atomic E-state index is 0.253. The van der Waals surface area contributed by atoms with E-state index < -0.39 is 6.09 Å². The largest absolute Gasteiger partial charge is 0.445 e. The van der Waals surface area contributed by atoms with Crippen molar-refractivity contribution in [2.24, 2.45) is 0 Å².